The van der Waals surface area contributed by atoms with Crippen LogP contribution in [0.2, 0.25) is 0 Å². The predicted molar refractivity (Wildman–Crippen MR) is 128 cm³/mol. The van der Waals surface area contributed by atoms with Crippen molar-refractivity contribution >= 4 is 28.8 Å². The smallest absolute Gasteiger partial charge is 0.174 e. The number of carbonyl (C=O) groups is 1. The highest BCUT2D eigenvalue weighted by molar-refractivity contribution is 7.80. The summed E-state index contributed by atoms with van der Waals surface area (Å²) in [4.78, 5) is 13.8. The normalized spacial score (nSPS) is 10.3. The molecule has 0 atom stereocenters. The SMILES string of the molecule is COc1ccc(CN(Cc2ccc(OC)cc2)C(=S)Nc2cccc(C(C)=O)c2)cc1. The summed E-state index contributed by atoms with van der Waals surface area (Å²) in [6.07, 6.45) is 0. The van der Waals surface area contributed by atoms with Gasteiger partial charge >= 0.3 is 0 Å². The molecule has 0 heterocycles. The van der Waals surface area contributed by atoms with Crippen LogP contribution in [0.25, 0.3) is 0 Å². The number of anilines is 1. The Labute approximate surface area is 188 Å². The Morgan fingerprint density at radius 3 is 1.84 bits per heavy atom. The van der Waals surface area contributed by atoms with E-state index in [1.54, 1.807) is 27.2 Å². The summed E-state index contributed by atoms with van der Waals surface area (Å²) in [5, 5.41) is 3.85. The number of hydrogen-bond donors (Lipinski definition) is 1. The van der Waals surface area contributed by atoms with Crippen molar-refractivity contribution in [3.63, 3.8) is 0 Å². The summed E-state index contributed by atoms with van der Waals surface area (Å²) in [6.45, 7) is 2.79. The van der Waals surface area contributed by atoms with E-state index in [4.69, 9.17) is 21.7 Å². The molecule has 0 saturated carbocycles. The van der Waals surface area contributed by atoms with Gasteiger partial charge in [0.1, 0.15) is 11.5 Å². The zero-order valence-corrected chi connectivity index (χ0v) is 18.7. The van der Waals surface area contributed by atoms with E-state index < -0.39 is 0 Å². The first-order chi connectivity index (χ1) is 15.0. The molecule has 0 aliphatic rings. The van der Waals surface area contributed by atoms with E-state index in [1.807, 2.05) is 66.7 Å². The van der Waals surface area contributed by atoms with Crippen LogP contribution in [0.3, 0.4) is 0 Å². The van der Waals surface area contributed by atoms with Crippen LogP contribution >= 0.6 is 12.2 Å². The maximum absolute atomic E-state index is 11.7. The van der Waals surface area contributed by atoms with Gasteiger partial charge in [-0.25, -0.2) is 0 Å². The second-order valence-electron chi connectivity index (χ2n) is 7.12. The predicted octanol–water partition coefficient (Wildman–Crippen LogP) is 5.31. The van der Waals surface area contributed by atoms with Gasteiger partial charge in [-0.3, -0.25) is 4.79 Å². The number of rotatable bonds is 8. The lowest BCUT2D eigenvalue weighted by atomic mass is 10.1. The second-order valence-corrected chi connectivity index (χ2v) is 7.51. The first-order valence-corrected chi connectivity index (χ1v) is 10.3. The summed E-state index contributed by atoms with van der Waals surface area (Å²) < 4.78 is 10.5. The lowest BCUT2D eigenvalue weighted by Gasteiger charge is -2.26. The Balaban J connectivity index is 1.81. The van der Waals surface area contributed by atoms with Gasteiger partial charge in [-0.05, 0) is 66.7 Å². The summed E-state index contributed by atoms with van der Waals surface area (Å²) >= 11 is 5.74. The van der Waals surface area contributed by atoms with Crippen LogP contribution in [0.1, 0.15) is 28.4 Å². The highest BCUT2D eigenvalue weighted by Gasteiger charge is 2.13. The molecule has 0 spiro atoms. The number of thiocarbonyl (C=S) groups is 1. The minimum atomic E-state index is 0.0166. The molecule has 0 aromatic heterocycles. The van der Waals surface area contributed by atoms with Gasteiger partial charge in [-0.15, -0.1) is 0 Å². The maximum atomic E-state index is 11.7. The highest BCUT2D eigenvalue weighted by Crippen LogP contribution is 2.19. The fourth-order valence-electron chi connectivity index (χ4n) is 3.12. The molecule has 0 aliphatic heterocycles. The van der Waals surface area contributed by atoms with Crippen molar-refractivity contribution in [2.45, 2.75) is 20.0 Å². The average Bonchev–Trinajstić information content (AvgIpc) is 2.79. The lowest BCUT2D eigenvalue weighted by molar-refractivity contribution is 0.101. The Morgan fingerprint density at radius 1 is 0.871 bits per heavy atom. The van der Waals surface area contributed by atoms with Gasteiger partial charge in [0, 0.05) is 24.3 Å². The van der Waals surface area contributed by atoms with Crippen molar-refractivity contribution in [3.8, 4) is 11.5 Å². The Hall–Kier alpha value is -3.38. The second kappa shape index (κ2) is 10.6. The maximum Gasteiger partial charge on any atom is 0.174 e. The van der Waals surface area contributed by atoms with Crippen LogP contribution in [0.4, 0.5) is 5.69 Å². The summed E-state index contributed by atoms with van der Waals surface area (Å²) in [5.74, 6) is 1.64. The molecular formula is C25H26N2O3S. The van der Waals surface area contributed by atoms with E-state index in [0.717, 1.165) is 28.3 Å². The molecule has 5 nitrogen and oxygen atoms in total. The van der Waals surface area contributed by atoms with Gasteiger partial charge in [0.15, 0.2) is 10.9 Å². The quantitative estimate of drug-likeness (QED) is 0.383. The molecule has 0 unspecified atom stereocenters. The van der Waals surface area contributed by atoms with Crippen LogP contribution in [0.5, 0.6) is 11.5 Å². The number of nitrogens with one attached hydrogen (secondary N) is 1. The average molecular weight is 435 g/mol. The number of benzene rings is 3. The molecule has 0 amide bonds. The monoisotopic (exact) mass is 434 g/mol. The number of ether oxygens (including phenoxy) is 2. The van der Waals surface area contributed by atoms with Gasteiger partial charge in [0.25, 0.3) is 0 Å². The van der Waals surface area contributed by atoms with Crippen LogP contribution in [0.15, 0.2) is 72.8 Å². The molecule has 0 radical (unpaired) electrons. The van der Waals surface area contributed by atoms with Gasteiger partial charge in [-0.1, -0.05) is 36.4 Å². The number of hydrogen-bond acceptors (Lipinski definition) is 4. The summed E-state index contributed by atoms with van der Waals surface area (Å²) in [7, 11) is 3.30. The third-order valence-corrected chi connectivity index (χ3v) is 5.23. The minimum absolute atomic E-state index is 0.0166. The molecule has 0 saturated heterocycles. The van der Waals surface area contributed by atoms with Crippen molar-refractivity contribution in [3.05, 3.63) is 89.5 Å². The van der Waals surface area contributed by atoms with E-state index in [2.05, 4.69) is 10.2 Å². The minimum Gasteiger partial charge on any atom is -0.497 e. The van der Waals surface area contributed by atoms with E-state index in [-0.39, 0.29) is 5.78 Å². The summed E-state index contributed by atoms with van der Waals surface area (Å²) in [6, 6.07) is 23.2. The van der Waals surface area contributed by atoms with E-state index in [0.29, 0.717) is 23.8 Å². The number of Topliss-reactive ketones (excluding diaryl/α,β-unsaturated/α-hetero) is 1. The third kappa shape index (κ3) is 6.30. The first-order valence-electron chi connectivity index (χ1n) is 9.91. The van der Waals surface area contributed by atoms with Gasteiger partial charge < -0.3 is 19.7 Å². The van der Waals surface area contributed by atoms with E-state index in [1.165, 1.54) is 0 Å². The van der Waals surface area contributed by atoms with Gasteiger partial charge in [-0.2, -0.15) is 0 Å². The molecule has 0 bridgehead atoms. The molecule has 3 aromatic rings. The van der Waals surface area contributed by atoms with Crippen molar-refractivity contribution in [1.82, 2.24) is 4.90 Å². The molecule has 31 heavy (non-hydrogen) atoms. The van der Waals surface area contributed by atoms with Crippen LogP contribution in [-0.2, 0) is 13.1 Å². The van der Waals surface area contributed by atoms with Crippen LogP contribution in [-0.4, -0.2) is 30.0 Å². The number of carbonyl (C=O) groups excluding carboxylic acids is 1. The van der Waals surface area contributed by atoms with Crippen LogP contribution in [0, 0.1) is 0 Å². The van der Waals surface area contributed by atoms with E-state index in [9.17, 15) is 4.79 Å². The topological polar surface area (TPSA) is 50.8 Å². The Bertz CT molecular complexity index is 984. The van der Waals surface area contributed by atoms with Crippen molar-refractivity contribution in [2.24, 2.45) is 0 Å². The van der Waals surface area contributed by atoms with Gasteiger partial charge in [0.05, 0.1) is 14.2 Å². The highest BCUT2D eigenvalue weighted by atomic mass is 32.1. The third-order valence-electron chi connectivity index (χ3n) is 4.87. The standard InChI is InChI=1S/C25H26N2O3S/c1-18(28)21-5-4-6-22(15-21)26-25(31)27(16-19-7-11-23(29-2)12-8-19)17-20-9-13-24(30-3)14-10-20/h4-15H,16-17H2,1-3H3,(H,26,31). The Kier molecular flexibility index (Phi) is 7.62. The first kappa shape index (κ1) is 22.3. The van der Waals surface area contributed by atoms with Crippen molar-refractivity contribution in [2.75, 3.05) is 19.5 Å². The molecule has 6 heteroatoms. The number of nitrogens with zero attached hydrogens (tertiary/aromatic N) is 1. The molecule has 160 valence electrons. The number of ketones is 1. The molecular weight excluding hydrogens is 408 g/mol. The molecule has 1 N–H and O–H groups in total. The molecule has 0 aliphatic carbocycles. The summed E-state index contributed by atoms with van der Waals surface area (Å²) in [5.41, 5.74) is 3.64. The van der Waals surface area contributed by atoms with Crippen molar-refractivity contribution in [1.29, 1.82) is 0 Å². The zero-order chi connectivity index (χ0) is 22.2. The van der Waals surface area contributed by atoms with Crippen molar-refractivity contribution < 1.29 is 14.3 Å². The molecule has 3 rings (SSSR count). The fourth-order valence-corrected chi connectivity index (χ4v) is 3.37. The van der Waals surface area contributed by atoms with Crippen LogP contribution < -0.4 is 14.8 Å². The van der Waals surface area contributed by atoms with Gasteiger partial charge in [0.2, 0.25) is 0 Å². The lowest BCUT2D eigenvalue weighted by Crippen LogP contribution is -2.33. The fraction of sp³-hybridized carbons (Fsp3) is 0.200. The largest absolute Gasteiger partial charge is 0.497 e. The number of methoxy groups -OCH3 is 2. The molecule has 3 aromatic carbocycles. The molecule has 0 fully saturated rings. The zero-order valence-electron chi connectivity index (χ0n) is 17.9. The van der Waals surface area contributed by atoms with E-state index >= 15 is 0 Å². The Morgan fingerprint density at radius 2 is 1.39 bits per heavy atom.